The Kier molecular flexibility index (Phi) is 3.01. The van der Waals surface area contributed by atoms with E-state index >= 15 is 0 Å². The van der Waals surface area contributed by atoms with Gasteiger partial charge in [-0.15, -0.1) is 11.3 Å². The molecule has 1 rings (SSSR count). The third-order valence-electron chi connectivity index (χ3n) is 1.11. The molecule has 0 amide bonds. The number of hydrogen-bond donors (Lipinski definition) is 0. The zero-order valence-corrected chi connectivity index (χ0v) is 8.63. The second-order valence-corrected chi connectivity index (χ2v) is 4.09. The van der Waals surface area contributed by atoms with Crippen LogP contribution in [0.2, 0.25) is 4.34 Å². The molecular weight excluding hydrogens is 233 g/mol. The van der Waals surface area contributed by atoms with E-state index in [0.717, 1.165) is 9.79 Å². The minimum absolute atomic E-state index is 0.836. The first-order chi connectivity index (χ1) is 4.74. The molecule has 4 heteroatoms. The van der Waals surface area contributed by atoms with Gasteiger partial charge in [-0.05, 0) is 12.1 Å². The van der Waals surface area contributed by atoms with E-state index in [1.54, 1.807) is 11.3 Å². The number of alkyl halides is 1. The van der Waals surface area contributed by atoms with Crippen molar-refractivity contribution in [2.24, 2.45) is 0 Å². The van der Waals surface area contributed by atoms with Crippen molar-refractivity contribution >= 4 is 43.9 Å². The van der Waals surface area contributed by atoms with Crippen LogP contribution in [-0.4, -0.2) is 12.5 Å². The lowest BCUT2D eigenvalue weighted by Gasteiger charge is -2.11. The van der Waals surface area contributed by atoms with Gasteiger partial charge in [-0.25, -0.2) is 0 Å². The molecule has 0 N–H and O–H groups in total. The van der Waals surface area contributed by atoms with Crippen molar-refractivity contribution in [2.45, 2.75) is 0 Å². The molecule has 1 nitrogen and oxygen atoms in total. The number of rotatable bonds is 2. The van der Waals surface area contributed by atoms with Crippen molar-refractivity contribution in [3.63, 3.8) is 0 Å². The summed E-state index contributed by atoms with van der Waals surface area (Å²) in [6.45, 7) is 0. The maximum absolute atomic E-state index is 5.74. The van der Waals surface area contributed by atoms with Crippen LogP contribution in [0.5, 0.6) is 0 Å². The molecule has 0 bridgehead atoms. The highest BCUT2D eigenvalue weighted by atomic mass is 79.9. The largest absolute Gasteiger partial charge is 0.357 e. The molecule has 0 atom stereocenters. The van der Waals surface area contributed by atoms with Gasteiger partial charge in [0, 0.05) is 7.05 Å². The normalized spacial score (nSPS) is 9.90. The van der Waals surface area contributed by atoms with Gasteiger partial charge in [-0.1, -0.05) is 27.5 Å². The topological polar surface area (TPSA) is 3.24 Å². The highest BCUT2D eigenvalue weighted by molar-refractivity contribution is 9.09. The van der Waals surface area contributed by atoms with Crippen molar-refractivity contribution in [3.8, 4) is 0 Å². The molecule has 0 aliphatic carbocycles. The Bertz CT molecular complexity index is 213. The quantitative estimate of drug-likeness (QED) is 0.567. The van der Waals surface area contributed by atoms with Crippen LogP contribution in [0, 0.1) is 0 Å². The fraction of sp³-hybridized carbons (Fsp3) is 0.333. The second kappa shape index (κ2) is 3.60. The number of thiophene rings is 1. The molecule has 1 aromatic rings. The molecular formula is C6H7BrClNS. The fourth-order valence-corrected chi connectivity index (χ4v) is 2.00. The lowest BCUT2D eigenvalue weighted by atomic mass is 10.6. The lowest BCUT2D eigenvalue weighted by molar-refractivity contribution is 1.13. The first kappa shape index (κ1) is 8.37. The number of nitrogens with zero attached hydrogens (tertiary/aromatic N) is 1. The summed E-state index contributed by atoms with van der Waals surface area (Å²) in [5.74, 6) is 0. The Hall–Kier alpha value is 0.270. The monoisotopic (exact) mass is 239 g/mol. The average Bonchev–Trinajstić information content (AvgIpc) is 2.34. The Labute approximate surface area is 77.7 Å². The van der Waals surface area contributed by atoms with E-state index in [0.29, 0.717) is 0 Å². The van der Waals surface area contributed by atoms with E-state index in [4.69, 9.17) is 11.6 Å². The predicted molar refractivity (Wildman–Crippen MR) is 51.5 cm³/mol. The lowest BCUT2D eigenvalue weighted by Crippen LogP contribution is -2.11. The van der Waals surface area contributed by atoms with Crippen LogP contribution in [0.25, 0.3) is 0 Å². The van der Waals surface area contributed by atoms with E-state index in [1.165, 1.54) is 5.00 Å². The highest BCUT2D eigenvalue weighted by Crippen LogP contribution is 2.28. The van der Waals surface area contributed by atoms with Crippen LogP contribution in [0.1, 0.15) is 0 Å². The summed E-state index contributed by atoms with van der Waals surface area (Å²) in [4.78, 5) is 2.08. The Morgan fingerprint density at radius 1 is 1.70 bits per heavy atom. The van der Waals surface area contributed by atoms with E-state index in [-0.39, 0.29) is 0 Å². The van der Waals surface area contributed by atoms with E-state index in [9.17, 15) is 0 Å². The van der Waals surface area contributed by atoms with Crippen LogP contribution in [0.15, 0.2) is 12.1 Å². The Morgan fingerprint density at radius 3 is 2.80 bits per heavy atom. The van der Waals surface area contributed by atoms with Gasteiger partial charge in [0.25, 0.3) is 0 Å². The minimum Gasteiger partial charge on any atom is -0.357 e. The van der Waals surface area contributed by atoms with E-state index in [2.05, 4.69) is 20.8 Å². The zero-order valence-electron chi connectivity index (χ0n) is 5.47. The van der Waals surface area contributed by atoms with E-state index < -0.39 is 0 Å². The van der Waals surface area contributed by atoms with E-state index in [1.807, 2.05) is 19.2 Å². The van der Waals surface area contributed by atoms with Gasteiger partial charge in [0.15, 0.2) is 0 Å². The van der Waals surface area contributed by atoms with Crippen LogP contribution in [-0.2, 0) is 0 Å². The zero-order chi connectivity index (χ0) is 7.56. The van der Waals surface area contributed by atoms with Crippen molar-refractivity contribution < 1.29 is 0 Å². The fourth-order valence-electron chi connectivity index (χ4n) is 0.569. The summed E-state index contributed by atoms with van der Waals surface area (Å²) >= 11 is 10.7. The van der Waals surface area contributed by atoms with Crippen LogP contribution >= 0.6 is 38.9 Å². The van der Waals surface area contributed by atoms with Gasteiger partial charge in [-0.2, -0.15) is 0 Å². The van der Waals surface area contributed by atoms with Crippen LogP contribution in [0.4, 0.5) is 5.00 Å². The predicted octanol–water partition coefficient (Wildman–Crippen LogP) is 3.19. The van der Waals surface area contributed by atoms with Crippen molar-refractivity contribution in [2.75, 3.05) is 17.4 Å². The SMILES string of the molecule is CN(CBr)c1ccc(Cl)s1. The molecule has 56 valence electrons. The minimum atomic E-state index is 0.836. The average molecular weight is 241 g/mol. The molecule has 0 saturated carbocycles. The molecule has 0 aliphatic heterocycles. The third-order valence-corrected chi connectivity index (χ3v) is 3.21. The number of halogens is 2. The Morgan fingerprint density at radius 2 is 2.40 bits per heavy atom. The van der Waals surface area contributed by atoms with Gasteiger partial charge in [0.2, 0.25) is 0 Å². The summed E-state index contributed by atoms with van der Waals surface area (Å²) in [7, 11) is 2.01. The molecule has 0 radical (unpaired) electrons. The molecule has 0 spiro atoms. The van der Waals surface area contributed by atoms with Crippen LogP contribution < -0.4 is 4.90 Å². The molecule has 10 heavy (non-hydrogen) atoms. The molecule has 0 aromatic carbocycles. The molecule has 0 unspecified atom stereocenters. The smallest absolute Gasteiger partial charge is 0.0950 e. The summed E-state index contributed by atoms with van der Waals surface area (Å²) in [6, 6.07) is 3.91. The molecule has 0 aliphatic rings. The maximum atomic E-state index is 5.74. The molecule has 1 aromatic heterocycles. The van der Waals surface area contributed by atoms with Gasteiger partial charge in [-0.3, -0.25) is 0 Å². The van der Waals surface area contributed by atoms with Gasteiger partial charge in [0.05, 0.1) is 14.8 Å². The summed E-state index contributed by atoms with van der Waals surface area (Å²) in [6.07, 6.45) is 0. The summed E-state index contributed by atoms with van der Waals surface area (Å²) < 4.78 is 0.836. The maximum Gasteiger partial charge on any atom is 0.0950 e. The standard InChI is InChI=1S/C6H7BrClNS/c1-9(4-7)6-3-2-5(8)10-6/h2-3H,4H2,1H3. The summed E-state index contributed by atoms with van der Waals surface area (Å²) in [5.41, 5.74) is 0.837. The third kappa shape index (κ3) is 1.87. The van der Waals surface area contributed by atoms with Gasteiger partial charge < -0.3 is 4.90 Å². The van der Waals surface area contributed by atoms with Crippen molar-refractivity contribution in [1.82, 2.24) is 0 Å². The van der Waals surface area contributed by atoms with Crippen LogP contribution in [0.3, 0.4) is 0 Å². The molecule has 0 fully saturated rings. The van der Waals surface area contributed by atoms with Crippen molar-refractivity contribution in [3.05, 3.63) is 16.5 Å². The second-order valence-electron chi connectivity index (χ2n) is 1.90. The highest BCUT2D eigenvalue weighted by Gasteiger charge is 2.00. The van der Waals surface area contributed by atoms with Gasteiger partial charge in [0.1, 0.15) is 0 Å². The first-order valence-corrected chi connectivity index (χ1v) is 5.08. The van der Waals surface area contributed by atoms with Gasteiger partial charge >= 0.3 is 0 Å². The first-order valence-electron chi connectivity index (χ1n) is 2.76. The number of anilines is 1. The molecule has 1 heterocycles. The summed E-state index contributed by atoms with van der Waals surface area (Å²) in [5, 5.41) is 1.18. The number of hydrogen-bond acceptors (Lipinski definition) is 2. The Balaban J connectivity index is 2.74. The van der Waals surface area contributed by atoms with Crippen molar-refractivity contribution in [1.29, 1.82) is 0 Å². The molecule has 0 saturated heterocycles.